The molecular formula is C15H12BrNO4. The highest BCUT2D eigenvalue weighted by Crippen LogP contribution is 2.15. The number of aliphatic carboxylic acids is 1. The van der Waals surface area contributed by atoms with Gasteiger partial charge in [-0.1, -0.05) is 28.1 Å². The summed E-state index contributed by atoms with van der Waals surface area (Å²) in [5.41, 5.74) is 1.46. The number of ketones is 1. The Labute approximate surface area is 129 Å². The first-order chi connectivity index (χ1) is 9.95. The molecule has 2 rings (SSSR count). The molecule has 1 aromatic carbocycles. The fraction of sp³-hybridized carbons (Fsp3) is 0.0667. The summed E-state index contributed by atoms with van der Waals surface area (Å²) in [4.78, 5) is 21.4. The topological polar surface area (TPSA) is 79.5 Å². The lowest BCUT2D eigenvalue weighted by molar-refractivity contribution is -0.146. The predicted molar refractivity (Wildman–Crippen MR) is 80.9 cm³/mol. The van der Waals surface area contributed by atoms with E-state index >= 15 is 0 Å². The normalized spacial score (nSPS) is 11.4. The molecule has 21 heavy (non-hydrogen) atoms. The Balaban J connectivity index is 2.12. The van der Waals surface area contributed by atoms with Crippen molar-refractivity contribution in [2.24, 2.45) is 0 Å². The van der Waals surface area contributed by atoms with Gasteiger partial charge < -0.3 is 14.8 Å². The van der Waals surface area contributed by atoms with E-state index in [1.54, 1.807) is 18.5 Å². The number of carbonyl (C=O) groups excluding carboxylic acids is 1. The van der Waals surface area contributed by atoms with Crippen molar-refractivity contribution in [3.05, 3.63) is 64.4 Å². The van der Waals surface area contributed by atoms with Crippen molar-refractivity contribution in [2.75, 3.05) is 0 Å². The van der Waals surface area contributed by atoms with Crippen LogP contribution in [0.5, 0.6) is 0 Å². The highest BCUT2D eigenvalue weighted by Gasteiger charge is 2.11. The maximum atomic E-state index is 11.0. The van der Waals surface area contributed by atoms with Crippen LogP contribution in [0.3, 0.4) is 0 Å². The Kier molecular flexibility index (Phi) is 4.59. The summed E-state index contributed by atoms with van der Waals surface area (Å²) in [6.45, 7) is 0.605. The molecule has 0 amide bonds. The number of halogens is 1. The van der Waals surface area contributed by atoms with Gasteiger partial charge >= 0.3 is 5.97 Å². The zero-order valence-corrected chi connectivity index (χ0v) is 12.4. The molecule has 0 aliphatic rings. The van der Waals surface area contributed by atoms with E-state index < -0.39 is 11.8 Å². The first-order valence-corrected chi connectivity index (χ1v) is 6.83. The fourth-order valence-electron chi connectivity index (χ4n) is 1.76. The number of carboxylic acid groups (broad SMARTS) is 1. The molecule has 0 unspecified atom stereocenters. The van der Waals surface area contributed by atoms with Gasteiger partial charge in [0, 0.05) is 35.1 Å². The van der Waals surface area contributed by atoms with E-state index in [9.17, 15) is 14.7 Å². The van der Waals surface area contributed by atoms with Gasteiger partial charge in [0.1, 0.15) is 5.76 Å². The van der Waals surface area contributed by atoms with Crippen molar-refractivity contribution in [2.45, 2.75) is 6.54 Å². The van der Waals surface area contributed by atoms with Crippen LogP contribution in [0.1, 0.15) is 11.1 Å². The van der Waals surface area contributed by atoms with Crippen molar-refractivity contribution < 1.29 is 19.8 Å². The lowest BCUT2D eigenvalue weighted by Crippen LogP contribution is -2.09. The largest absolute Gasteiger partial charge is 0.507 e. The number of rotatable bonds is 5. The van der Waals surface area contributed by atoms with E-state index in [1.165, 1.54) is 0 Å². The SMILES string of the molecule is O=C(O)C(=O)/C=C(\O)c1ccn(Cc2ccc(Br)cc2)c1. The molecule has 0 saturated heterocycles. The summed E-state index contributed by atoms with van der Waals surface area (Å²) >= 11 is 3.36. The van der Waals surface area contributed by atoms with E-state index in [2.05, 4.69) is 15.9 Å². The second-order valence-corrected chi connectivity index (χ2v) is 5.31. The van der Waals surface area contributed by atoms with E-state index in [0.29, 0.717) is 18.2 Å². The van der Waals surface area contributed by atoms with Gasteiger partial charge in [0.25, 0.3) is 5.78 Å². The third-order valence-corrected chi connectivity index (χ3v) is 3.33. The number of carboxylic acids is 1. The molecule has 0 atom stereocenters. The lowest BCUT2D eigenvalue weighted by atomic mass is 10.2. The van der Waals surface area contributed by atoms with E-state index in [4.69, 9.17) is 5.11 Å². The molecule has 1 aromatic heterocycles. The van der Waals surface area contributed by atoms with Crippen molar-refractivity contribution in [1.82, 2.24) is 4.57 Å². The van der Waals surface area contributed by atoms with Crippen LogP contribution in [-0.2, 0) is 16.1 Å². The molecule has 6 heteroatoms. The standard InChI is InChI=1S/C15H12BrNO4/c16-12-3-1-10(2-4-12)8-17-6-5-11(9-17)13(18)7-14(19)15(20)21/h1-7,9,18H,8H2,(H,20,21)/b13-7-. The molecule has 0 bridgehead atoms. The van der Waals surface area contributed by atoms with Crippen molar-refractivity contribution in [1.29, 1.82) is 0 Å². The highest BCUT2D eigenvalue weighted by atomic mass is 79.9. The minimum Gasteiger partial charge on any atom is -0.507 e. The van der Waals surface area contributed by atoms with Crippen LogP contribution >= 0.6 is 15.9 Å². The molecular weight excluding hydrogens is 338 g/mol. The number of benzene rings is 1. The number of hydrogen-bond donors (Lipinski definition) is 2. The quantitative estimate of drug-likeness (QED) is 0.494. The third-order valence-electron chi connectivity index (χ3n) is 2.80. The Bertz CT molecular complexity index is 701. The number of aliphatic hydroxyl groups excluding tert-OH is 1. The van der Waals surface area contributed by atoms with Gasteiger partial charge in [-0.15, -0.1) is 0 Å². The molecule has 2 N–H and O–H groups in total. The molecule has 0 radical (unpaired) electrons. The summed E-state index contributed by atoms with van der Waals surface area (Å²) in [5.74, 6) is -3.12. The van der Waals surface area contributed by atoms with Crippen LogP contribution < -0.4 is 0 Å². The maximum Gasteiger partial charge on any atom is 0.376 e. The zero-order valence-electron chi connectivity index (χ0n) is 10.9. The van der Waals surface area contributed by atoms with Gasteiger partial charge in [-0.3, -0.25) is 4.79 Å². The summed E-state index contributed by atoms with van der Waals surface area (Å²) in [6.07, 6.45) is 4.08. The predicted octanol–water partition coefficient (Wildman–Crippen LogP) is 2.85. The Morgan fingerprint density at radius 3 is 2.43 bits per heavy atom. The highest BCUT2D eigenvalue weighted by molar-refractivity contribution is 9.10. The van der Waals surface area contributed by atoms with Crippen molar-refractivity contribution in [3.8, 4) is 0 Å². The summed E-state index contributed by atoms with van der Waals surface area (Å²) in [6, 6.07) is 9.41. The summed E-state index contributed by atoms with van der Waals surface area (Å²) < 4.78 is 2.82. The fourth-order valence-corrected chi connectivity index (χ4v) is 2.02. The Morgan fingerprint density at radius 1 is 1.14 bits per heavy atom. The van der Waals surface area contributed by atoms with Gasteiger partial charge in [-0.2, -0.15) is 0 Å². The first kappa shape index (κ1) is 15.1. The third kappa shape index (κ3) is 4.06. The molecule has 1 heterocycles. The van der Waals surface area contributed by atoms with Crippen molar-refractivity contribution >= 4 is 33.4 Å². The summed E-state index contributed by atoms with van der Waals surface area (Å²) in [5, 5.41) is 18.2. The van der Waals surface area contributed by atoms with Crippen LogP contribution in [0, 0.1) is 0 Å². The van der Waals surface area contributed by atoms with Gasteiger partial charge in [-0.05, 0) is 23.8 Å². The van der Waals surface area contributed by atoms with Gasteiger partial charge in [0.15, 0.2) is 0 Å². The number of nitrogens with zero attached hydrogens (tertiary/aromatic N) is 1. The number of hydrogen-bond acceptors (Lipinski definition) is 3. The van der Waals surface area contributed by atoms with E-state index in [1.807, 2.05) is 28.8 Å². The minimum atomic E-state index is -1.60. The van der Waals surface area contributed by atoms with Gasteiger partial charge in [-0.25, -0.2) is 4.79 Å². The van der Waals surface area contributed by atoms with Crippen LogP contribution in [-0.4, -0.2) is 26.5 Å². The van der Waals surface area contributed by atoms with Gasteiger partial charge in [0.2, 0.25) is 0 Å². The number of aromatic nitrogens is 1. The molecule has 108 valence electrons. The van der Waals surface area contributed by atoms with E-state index in [0.717, 1.165) is 10.0 Å². The molecule has 0 aliphatic carbocycles. The molecule has 0 spiro atoms. The summed E-state index contributed by atoms with van der Waals surface area (Å²) in [7, 11) is 0. The average molecular weight is 350 g/mol. The second-order valence-electron chi connectivity index (χ2n) is 4.40. The van der Waals surface area contributed by atoms with Crippen LogP contribution in [0.4, 0.5) is 0 Å². The Hall–Kier alpha value is -2.34. The van der Waals surface area contributed by atoms with Crippen LogP contribution in [0.2, 0.25) is 0 Å². The maximum absolute atomic E-state index is 11.0. The minimum absolute atomic E-state index is 0.364. The Morgan fingerprint density at radius 2 is 1.81 bits per heavy atom. The van der Waals surface area contributed by atoms with Crippen LogP contribution in [0.25, 0.3) is 5.76 Å². The smallest absolute Gasteiger partial charge is 0.376 e. The number of aliphatic hydroxyl groups is 1. The van der Waals surface area contributed by atoms with Crippen LogP contribution in [0.15, 0.2) is 53.3 Å². The molecule has 0 saturated carbocycles. The average Bonchev–Trinajstić information content (AvgIpc) is 2.90. The first-order valence-electron chi connectivity index (χ1n) is 6.04. The van der Waals surface area contributed by atoms with Gasteiger partial charge in [0.05, 0.1) is 0 Å². The monoisotopic (exact) mass is 349 g/mol. The molecule has 0 fully saturated rings. The molecule has 0 aliphatic heterocycles. The number of carbonyl (C=O) groups is 2. The molecule has 5 nitrogen and oxygen atoms in total. The van der Waals surface area contributed by atoms with Crippen molar-refractivity contribution in [3.63, 3.8) is 0 Å². The van der Waals surface area contributed by atoms with E-state index in [-0.39, 0.29) is 5.76 Å². The second kappa shape index (κ2) is 6.41. The zero-order chi connectivity index (χ0) is 15.4. The lowest BCUT2D eigenvalue weighted by Gasteiger charge is -2.03. The molecule has 2 aromatic rings.